The predicted molar refractivity (Wildman–Crippen MR) is 67.9 cm³/mol. The van der Waals surface area contributed by atoms with Crippen LogP contribution in [0.25, 0.3) is 11.1 Å². The first kappa shape index (κ1) is 13.0. The monoisotopic (exact) mass is 276 g/mol. The van der Waals surface area contributed by atoms with Crippen molar-refractivity contribution in [3.05, 3.63) is 63.2 Å². The number of carboxylic acids is 1. The molecule has 0 spiro atoms. The summed E-state index contributed by atoms with van der Waals surface area (Å²) in [5.74, 6) is -1.37. The van der Waals surface area contributed by atoms with E-state index in [1.165, 1.54) is 30.3 Å². The lowest BCUT2D eigenvalue weighted by Gasteiger charge is -2.08. The van der Waals surface area contributed by atoms with Crippen LogP contribution in [0.3, 0.4) is 0 Å². The number of carbonyl (C=O) groups is 1. The van der Waals surface area contributed by atoms with Crippen LogP contribution in [0.5, 0.6) is 0 Å². The molecule has 0 aliphatic heterocycles. The Hall–Kier alpha value is -2.40. The smallest absolute Gasteiger partial charge is 0.270 e. The Morgan fingerprint density at radius 2 is 1.79 bits per heavy atom. The molecule has 19 heavy (non-hydrogen) atoms. The van der Waals surface area contributed by atoms with Crippen LogP contribution in [0.15, 0.2) is 42.5 Å². The van der Waals surface area contributed by atoms with Crippen LogP contribution in [0.4, 0.5) is 5.69 Å². The van der Waals surface area contributed by atoms with Crippen LogP contribution in [0, 0.1) is 10.1 Å². The number of carboxylic acid groups (broad SMARTS) is 1. The van der Waals surface area contributed by atoms with Gasteiger partial charge in [-0.15, -0.1) is 0 Å². The van der Waals surface area contributed by atoms with E-state index < -0.39 is 10.9 Å². The van der Waals surface area contributed by atoms with E-state index in [1.807, 2.05) is 0 Å². The zero-order chi connectivity index (χ0) is 14.0. The van der Waals surface area contributed by atoms with E-state index in [0.29, 0.717) is 11.1 Å². The quantitative estimate of drug-likeness (QED) is 0.636. The molecule has 0 fully saturated rings. The largest absolute Gasteiger partial charge is 0.545 e. The Morgan fingerprint density at radius 1 is 1.11 bits per heavy atom. The molecule has 0 N–H and O–H groups in total. The number of hydrogen-bond donors (Lipinski definition) is 0. The van der Waals surface area contributed by atoms with Gasteiger partial charge in [0.1, 0.15) is 0 Å². The van der Waals surface area contributed by atoms with Crippen LogP contribution in [0.1, 0.15) is 10.4 Å². The molecule has 0 aliphatic carbocycles. The molecule has 0 heterocycles. The first-order chi connectivity index (χ1) is 8.99. The molecule has 0 aromatic heterocycles. The molecule has 0 amide bonds. The van der Waals surface area contributed by atoms with Gasteiger partial charge in [0.15, 0.2) is 0 Å². The third-order valence-corrected chi connectivity index (χ3v) is 2.89. The van der Waals surface area contributed by atoms with E-state index in [9.17, 15) is 20.0 Å². The van der Waals surface area contributed by atoms with Gasteiger partial charge in [-0.3, -0.25) is 10.1 Å². The molecule has 2 aromatic rings. The minimum atomic E-state index is -1.37. The van der Waals surface area contributed by atoms with Crippen molar-refractivity contribution in [3.8, 4) is 11.1 Å². The molecule has 96 valence electrons. The first-order valence-corrected chi connectivity index (χ1v) is 5.62. The number of hydrogen-bond acceptors (Lipinski definition) is 4. The predicted octanol–water partition coefficient (Wildman–Crippen LogP) is 2.28. The van der Waals surface area contributed by atoms with E-state index >= 15 is 0 Å². The number of carbonyl (C=O) groups excluding carboxylic acids is 1. The van der Waals surface area contributed by atoms with E-state index in [2.05, 4.69) is 0 Å². The third-order valence-electron chi connectivity index (χ3n) is 2.58. The number of nitro groups is 1. The van der Waals surface area contributed by atoms with Gasteiger partial charge in [0.25, 0.3) is 5.69 Å². The highest BCUT2D eigenvalue weighted by molar-refractivity contribution is 6.33. The third kappa shape index (κ3) is 2.71. The topological polar surface area (TPSA) is 83.3 Å². The SMILES string of the molecule is O=C([O-])c1ccc(-c2cccc([N+](=O)[O-])c2)cc1Cl. The van der Waals surface area contributed by atoms with Gasteiger partial charge in [-0.1, -0.05) is 35.9 Å². The van der Waals surface area contributed by atoms with Crippen LogP contribution < -0.4 is 5.11 Å². The summed E-state index contributed by atoms with van der Waals surface area (Å²) in [7, 11) is 0. The molecule has 0 saturated carbocycles. The van der Waals surface area contributed by atoms with E-state index in [-0.39, 0.29) is 16.3 Å². The maximum atomic E-state index is 10.7. The zero-order valence-electron chi connectivity index (χ0n) is 9.50. The van der Waals surface area contributed by atoms with Crippen molar-refractivity contribution in [2.45, 2.75) is 0 Å². The molecule has 0 aliphatic rings. The fourth-order valence-electron chi connectivity index (χ4n) is 1.66. The van der Waals surface area contributed by atoms with Crippen molar-refractivity contribution in [1.29, 1.82) is 0 Å². The zero-order valence-corrected chi connectivity index (χ0v) is 10.3. The van der Waals surface area contributed by atoms with Gasteiger partial charge in [-0.2, -0.15) is 0 Å². The Bertz CT molecular complexity index is 669. The van der Waals surface area contributed by atoms with Crippen LogP contribution >= 0.6 is 11.6 Å². The normalized spacial score (nSPS) is 10.2. The van der Waals surface area contributed by atoms with E-state index in [4.69, 9.17) is 11.6 Å². The minimum Gasteiger partial charge on any atom is -0.545 e. The first-order valence-electron chi connectivity index (χ1n) is 5.25. The van der Waals surface area contributed by atoms with Crippen molar-refractivity contribution in [2.24, 2.45) is 0 Å². The van der Waals surface area contributed by atoms with Crippen LogP contribution in [0.2, 0.25) is 5.02 Å². The second-order valence-electron chi connectivity index (χ2n) is 3.79. The van der Waals surface area contributed by atoms with Gasteiger partial charge in [0, 0.05) is 17.7 Å². The summed E-state index contributed by atoms with van der Waals surface area (Å²) in [6, 6.07) is 10.3. The molecule has 0 bridgehead atoms. The molecule has 2 rings (SSSR count). The maximum Gasteiger partial charge on any atom is 0.270 e. The van der Waals surface area contributed by atoms with Crippen molar-refractivity contribution < 1.29 is 14.8 Å². The second kappa shape index (κ2) is 5.07. The highest BCUT2D eigenvalue weighted by Gasteiger charge is 2.09. The summed E-state index contributed by atoms with van der Waals surface area (Å²) in [6.07, 6.45) is 0. The molecule has 0 atom stereocenters. The van der Waals surface area contributed by atoms with Gasteiger partial charge in [0.2, 0.25) is 0 Å². The minimum absolute atomic E-state index is 0.0315. The molecular weight excluding hydrogens is 270 g/mol. The average molecular weight is 277 g/mol. The Balaban J connectivity index is 2.48. The van der Waals surface area contributed by atoms with E-state index in [0.717, 1.165) is 0 Å². The highest BCUT2D eigenvalue weighted by Crippen LogP contribution is 2.27. The standard InChI is InChI=1S/C13H8ClNO4/c14-12-7-9(4-5-11(12)13(16)17)8-2-1-3-10(6-8)15(18)19/h1-7H,(H,16,17)/p-1. The second-order valence-corrected chi connectivity index (χ2v) is 4.20. The van der Waals surface area contributed by atoms with Gasteiger partial charge in [0.05, 0.1) is 15.9 Å². The number of aromatic carboxylic acids is 1. The van der Waals surface area contributed by atoms with Crippen LogP contribution in [-0.4, -0.2) is 10.9 Å². The lowest BCUT2D eigenvalue weighted by molar-refractivity contribution is -0.384. The summed E-state index contributed by atoms with van der Waals surface area (Å²) in [5, 5.41) is 21.4. The number of non-ortho nitro benzene ring substituents is 1. The van der Waals surface area contributed by atoms with Crippen molar-refractivity contribution in [1.82, 2.24) is 0 Å². The summed E-state index contributed by atoms with van der Waals surface area (Å²) in [6.45, 7) is 0. The fourth-order valence-corrected chi connectivity index (χ4v) is 1.92. The van der Waals surface area contributed by atoms with Gasteiger partial charge in [-0.05, 0) is 17.2 Å². The molecule has 2 aromatic carbocycles. The number of nitrogens with zero attached hydrogens (tertiary/aromatic N) is 1. The molecular formula is C13H7ClNO4-. The molecule has 0 unspecified atom stereocenters. The number of halogens is 1. The van der Waals surface area contributed by atoms with Gasteiger partial charge >= 0.3 is 0 Å². The Kier molecular flexibility index (Phi) is 3.48. The lowest BCUT2D eigenvalue weighted by Crippen LogP contribution is -2.22. The van der Waals surface area contributed by atoms with Gasteiger partial charge in [-0.25, -0.2) is 0 Å². The molecule has 5 nitrogen and oxygen atoms in total. The number of rotatable bonds is 3. The number of benzene rings is 2. The van der Waals surface area contributed by atoms with E-state index in [1.54, 1.807) is 12.1 Å². The number of nitro benzene ring substituents is 1. The summed E-state index contributed by atoms with van der Waals surface area (Å²) in [5.41, 5.74) is 1.02. The average Bonchev–Trinajstić information content (AvgIpc) is 2.38. The van der Waals surface area contributed by atoms with Crippen LogP contribution in [-0.2, 0) is 0 Å². The lowest BCUT2D eigenvalue weighted by atomic mass is 10.0. The molecule has 0 saturated heterocycles. The van der Waals surface area contributed by atoms with Crippen molar-refractivity contribution >= 4 is 23.3 Å². The molecule has 6 heteroatoms. The van der Waals surface area contributed by atoms with Crippen molar-refractivity contribution in [2.75, 3.05) is 0 Å². The fraction of sp³-hybridized carbons (Fsp3) is 0. The molecule has 0 radical (unpaired) electrons. The van der Waals surface area contributed by atoms with Crippen molar-refractivity contribution in [3.63, 3.8) is 0 Å². The maximum absolute atomic E-state index is 10.7. The Morgan fingerprint density at radius 3 is 2.37 bits per heavy atom. The van der Waals surface area contributed by atoms with Gasteiger partial charge < -0.3 is 9.90 Å². The summed E-state index contributed by atoms with van der Waals surface area (Å²) >= 11 is 5.82. The summed E-state index contributed by atoms with van der Waals surface area (Å²) in [4.78, 5) is 20.9. The highest BCUT2D eigenvalue weighted by atomic mass is 35.5. The Labute approximate surface area is 113 Å². The summed E-state index contributed by atoms with van der Waals surface area (Å²) < 4.78 is 0.